The third-order valence-electron chi connectivity index (χ3n) is 5.24. The summed E-state index contributed by atoms with van der Waals surface area (Å²) in [5, 5.41) is 4.52. The minimum absolute atomic E-state index is 0.249. The Labute approximate surface area is 169 Å². The van der Waals surface area contributed by atoms with Crippen LogP contribution in [0.4, 0.5) is 0 Å². The lowest BCUT2D eigenvalue weighted by Crippen LogP contribution is -2.34. The number of nitrogens with one attached hydrogen (secondary N) is 1. The number of aromatic nitrogens is 1. The summed E-state index contributed by atoms with van der Waals surface area (Å²) < 4.78 is 6.37. The number of hydrogen-bond donors (Lipinski definition) is 1. The van der Waals surface area contributed by atoms with Gasteiger partial charge < -0.3 is 15.0 Å². The van der Waals surface area contributed by atoms with Gasteiger partial charge in [0.2, 0.25) is 5.91 Å². The van der Waals surface area contributed by atoms with Crippen molar-refractivity contribution in [1.29, 1.82) is 0 Å². The van der Waals surface area contributed by atoms with Crippen LogP contribution in [0.2, 0.25) is 0 Å². The minimum atomic E-state index is 0.249. The number of likely N-dealkylation sites (tertiary alicyclic amines) is 1. The number of carbonyl (C=O) groups is 1. The number of benzene rings is 2. The molecule has 146 valence electrons. The summed E-state index contributed by atoms with van der Waals surface area (Å²) >= 11 is 1.69. The number of nitrogens with zero attached hydrogens (tertiary/aromatic N) is 2. The maximum absolute atomic E-state index is 12.4. The molecule has 1 N–H and O–H groups in total. The van der Waals surface area contributed by atoms with Crippen LogP contribution in [0.1, 0.15) is 29.8 Å². The van der Waals surface area contributed by atoms with Gasteiger partial charge in [0.05, 0.1) is 23.9 Å². The molecule has 5 nitrogen and oxygen atoms in total. The molecule has 3 aromatic rings. The Balaban J connectivity index is 1.30. The van der Waals surface area contributed by atoms with Crippen LogP contribution in [-0.2, 0) is 17.9 Å². The molecule has 0 saturated carbocycles. The molecule has 1 aliphatic heterocycles. The predicted molar refractivity (Wildman–Crippen MR) is 113 cm³/mol. The molecular formula is C22H25N3O2S. The van der Waals surface area contributed by atoms with E-state index in [0.717, 1.165) is 42.2 Å². The van der Waals surface area contributed by atoms with Crippen molar-refractivity contribution in [3.8, 4) is 5.75 Å². The van der Waals surface area contributed by atoms with Crippen LogP contribution in [0.5, 0.6) is 5.75 Å². The topological polar surface area (TPSA) is 54.5 Å². The van der Waals surface area contributed by atoms with Crippen molar-refractivity contribution in [1.82, 2.24) is 15.2 Å². The maximum Gasteiger partial charge on any atom is 0.223 e. The molecule has 6 heteroatoms. The van der Waals surface area contributed by atoms with Crippen molar-refractivity contribution >= 4 is 27.5 Å². The van der Waals surface area contributed by atoms with Gasteiger partial charge in [-0.15, -0.1) is 11.3 Å². The number of ether oxygens (including phenoxy) is 1. The fourth-order valence-corrected chi connectivity index (χ4v) is 4.66. The van der Waals surface area contributed by atoms with Gasteiger partial charge in [-0.05, 0) is 49.2 Å². The molecule has 4 rings (SSSR count). The molecular weight excluding hydrogens is 370 g/mol. The van der Waals surface area contributed by atoms with Gasteiger partial charge in [-0.2, -0.15) is 0 Å². The first-order valence-corrected chi connectivity index (χ1v) is 10.5. The Kier molecular flexibility index (Phi) is 5.88. The highest BCUT2D eigenvalue weighted by atomic mass is 32.1. The average Bonchev–Trinajstić information content (AvgIpc) is 3.29. The molecule has 0 bridgehead atoms. The Hall–Kier alpha value is -2.44. The van der Waals surface area contributed by atoms with Gasteiger partial charge in [0.15, 0.2) is 0 Å². The van der Waals surface area contributed by atoms with Crippen molar-refractivity contribution in [2.24, 2.45) is 0 Å². The van der Waals surface area contributed by atoms with Crippen molar-refractivity contribution in [3.63, 3.8) is 0 Å². The fraction of sp³-hybridized carbons (Fsp3) is 0.364. The van der Waals surface area contributed by atoms with Crippen LogP contribution in [0, 0.1) is 0 Å². The Morgan fingerprint density at radius 3 is 2.82 bits per heavy atom. The number of carbonyl (C=O) groups excluding carboxylic acids is 1. The van der Waals surface area contributed by atoms with E-state index in [1.807, 2.05) is 35.2 Å². The summed E-state index contributed by atoms with van der Waals surface area (Å²) in [5.41, 5.74) is 2.25. The second kappa shape index (κ2) is 8.71. The van der Waals surface area contributed by atoms with Crippen LogP contribution in [-0.4, -0.2) is 35.5 Å². The second-order valence-electron chi connectivity index (χ2n) is 7.10. The van der Waals surface area contributed by atoms with Crippen LogP contribution in [0.3, 0.4) is 0 Å². The molecule has 0 radical (unpaired) electrons. The molecule has 1 fully saturated rings. The van der Waals surface area contributed by atoms with Crippen LogP contribution >= 0.6 is 11.3 Å². The van der Waals surface area contributed by atoms with E-state index in [1.165, 1.54) is 10.3 Å². The zero-order valence-electron chi connectivity index (χ0n) is 16.1. The van der Waals surface area contributed by atoms with E-state index >= 15 is 0 Å². The summed E-state index contributed by atoms with van der Waals surface area (Å²) in [6, 6.07) is 16.5. The smallest absolute Gasteiger partial charge is 0.223 e. The number of fused-ring (bicyclic) bond motifs is 1. The molecule has 1 aliphatic rings. The zero-order chi connectivity index (χ0) is 19.3. The van der Waals surface area contributed by atoms with E-state index in [4.69, 9.17) is 9.72 Å². The highest BCUT2D eigenvalue weighted by Gasteiger charge is 2.31. The van der Waals surface area contributed by atoms with Gasteiger partial charge in [0, 0.05) is 19.0 Å². The Morgan fingerprint density at radius 2 is 2.04 bits per heavy atom. The molecule has 28 heavy (non-hydrogen) atoms. The van der Waals surface area contributed by atoms with E-state index < -0.39 is 0 Å². The quantitative estimate of drug-likeness (QED) is 0.586. The van der Waals surface area contributed by atoms with Crippen LogP contribution < -0.4 is 10.1 Å². The number of amides is 1. The van der Waals surface area contributed by atoms with Crippen molar-refractivity contribution in [3.05, 3.63) is 59.1 Å². The average molecular weight is 396 g/mol. The third-order valence-corrected chi connectivity index (χ3v) is 6.26. The number of rotatable bonds is 8. The highest BCUT2D eigenvalue weighted by Crippen LogP contribution is 2.27. The van der Waals surface area contributed by atoms with Crippen molar-refractivity contribution in [2.45, 2.75) is 38.4 Å². The maximum atomic E-state index is 12.4. The van der Waals surface area contributed by atoms with Crippen LogP contribution in [0.25, 0.3) is 10.2 Å². The summed E-state index contributed by atoms with van der Waals surface area (Å²) in [5.74, 6) is 1.12. The predicted octanol–water partition coefficient (Wildman–Crippen LogP) is 3.98. The minimum Gasteiger partial charge on any atom is -0.497 e. The van der Waals surface area contributed by atoms with Crippen molar-refractivity contribution in [2.75, 3.05) is 13.7 Å². The van der Waals surface area contributed by atoms with Gasteiger partial charge in [0.25, 0.3) is 0 Å². The van der Waals surface area contributed by atoms with Gasteiger partial charge in [-0.25, -0.2) is 4.98 Å². The van der Waals surface area contributed by atoms with Crippen molar-refractivity contribution < 1.29 is 9.53 Å². The van der Waals surface area contributed by atoms with E-state index in [-0.39, 0.29) is 5.91 Å². The molecule has 2 heterocycles. The molecule has 1 saturated heterocycles. The van der Waals surface area contributed by atoms with E-state index in [1.54, 1.807) is 18.4 Å². The highest BCUT2D eigenvalue weighted by molar-refractivity contribution is 7.18. The largest absolute Gasteiger partial charge is 0.497 e. The zero-order valence-corrected chi connectivity index (χ0v) is 16.9. The number of hydrogen-bond acceptors (Lipinski definition) is 5. The second-order valence-corrected chi connectivity index (χ2v) is 8.22. The van der Waals surface area contributed by atoms with E-state index in [2.05, 4.69) is 23.5 Å². The number of thiazole rings is 1. The normalized spacial score (nSPS) is 16.8. The first kappa shape index (κ1) is 18.9. The molecule has 0 aliphatic carbocycles. The van der Waals surface area contributed by atoms with E-state index in [9.17, 15) is 4.79 Å². The van der Waals surface area contributed by atoms with Crippen LogP contribution in [0.15, 0.2) is 48.5 Å². The molecule has 0 spiro atoms. The standard InChI is InChI=1S/C22H25N3O2S/c1-27-18-9-6-16(7-10-18)14-23-13-12-17-8-11-22(26)25(17)15-21-24-19-4-2-3-5-20(19)28-21/h2-7,9-10,17,23H,8,11-15H2,1H3/t17-/m0/s1. The lowest BCUT2D eigenvalue weighted by molar-refractivity contribution is -0.129. The number of methoxy groups -OCH3 is 1. The molecule has 0 unspecified atom stereocenters. The third kappa shape index (κ3) is 4.34. The van der Waals surface area contributed by atoms with Gasteiger partial charge in [-0.1, -0.05) is 24.3 Å². The summed E-state index contributed by atoms with van der Waals surface area (Å²) in [6.07, 6.45) is 2.55. The van der Waals surface area contributed by atoms with Gasteiger partial charge in [0.1, 0.15) is 10.8 Å². The Morgan fingerprint density at radius 1 is 1.21 bits per heavy atom. The fourth-order valence-electron chi connectivity index (χ4n) is 3.69. The summed E-state index contributed by atoms with van der Waals surface area (Å²) in [7, 11) is 1.68. The SMILES string of the molecule is COc1ccc(CNCC[C@@H]2CCC(=O)N2Cc2nc3ccccc3s2)cc1. The van der Waals surface area contributed by atoms with E-state index in [0.29, 0.717) is 19.0 Å². The lowest BCUT2D eigenvalue weighted by Gasteiger charge is -2.24. The Bertz CT molecular complexity index is 905. The summed E-state index contributed by atoms with van der Waals surface area (Å²) in [6.45, 7) is 2.34. The molecule has 1 amide bonds. The van der Waals surface area contributed by atoms with Gasteiger partial charge in [-0.3, -0.25) is 4.79 Å². The lowest BCUT2D eigenvalue weighted by atomic mass is 10.1. The van der Waals surface area contributed by atoms with Gasteiger partial charge >= 0.3 is 0 Å². The first-order chi connectivity index (χ1) is 13.7. The molecule has 1 aromatic heterocycles. The summed E-state index contributed by atoms with van der Waals surface area (Å²) in [4.78, 5) is 19.1. The first-order valence-electron chi connectivity index (χ1n) is 9.70. The monoisotopic (exact) mass is 395 g/mol. The molecule has 1 atom stereocenters. The molecule has 2 aromatic carbocycles. The number of para-hydroxylation sites is 1.